The van der Waals surface area contributed by atoms with Crippen molar-refractivity contribution in [2.24, 2.45) is 0 Å². The maximum atomic E-state index is 12.5. The topological polar surface area (TPSA) is 102 Å². The Hall–Kier alpha value is -2.83. The summed E-state index contributed by atoms with van der Waals surface area (Å²) in [5, 5.41) is 12.2. The molecule has 1 saturated heterocycles. The fourth-order valence-corrected chi connectivity index (χ4v) is 2.64. The average Bonchev–Trinajstić information content (AvgIpc) is 2.95. The van der Waals surface area contributed by atoms with Gasteiger partial charge in [0, 0.05) is 22.7 Å². The number of para-hydroxylation sites is 1. The molecule has 108 valence electrons. The van der Waals surface area contributed by atoms with Crippen molar-refractivity contribution in [1.82, 2.24) is 15.2 Å². The van der Waals surface area contributed by atoms with Crippen LogP contribution in [-0.2, 0) is 15.1 Å². The third kappa shape index (κ3) is 1.85. The van der Waals surface area contributed by atoms with Crippen molar-refractivity contribution in [2.45, 2.75) is 12.5 Å². The highest BCUT2D eigenvalue weighted by atomic mass is 16.4. The van der Waals surface area contributed by atoms with Gasteiger partial charge in [-0.15, -0.1) is 0 Å². The SMILES string of the molecule is CC1(c2c[nH]c3ccccc23)NC(=O)N(CC(=O)O)C1=O. The Morgan fingerprint density at radius 3 is 2.76 bits per heavy atom. The van der Waals surface area contributed by atoms with Crippen LogP contribution in [0.5, 0.6) is 0 Å². The van der Waals surface area contributed by atoms with E-state index in [1.54, 1.807) is 13.1 Å². The molecule has 2 heterocycles. The lowest BCUT2D eigenvalue weighted by molar-refractivity contribution is -0.142. The first-order chi connectivity index (χ1) is 9.93. The number of hydrogen-bond acceptors (Lipinski definition) is 3. The molecule has 2 aromatic rings. The largest absolute Gasteiger partial charge is 0.480 e. The lowest BCUT2D eigenvalue weighted by Crippen LogP contribution is -2.41. The summed E-state index contributed by atoms with van der Waals surface area (Å²) < 4.78 is 0. The molecule has 21 heavy (non-hydrogen) atoms. The number of amides is 3. The second-order valence-electron chi connectivity index (χ2n) is 5.09. The summed E-state index contributed by atoms with van der Waals surface area (Å²) in [6, 6.07) is 6.69. The third-order valence-electron chi connectivity index (χ3n) is 3.70. The van der Waals surface area contributed by atoms with Gasteiger partial charge >= 0.3 is 12.0 Å². The van der Waals surface area contributed by atoms with Crippen LogP contribution in [0.15, 0.2) is 30.5 Å². The Labute approximate surface area is 119 Å². The van der Waals surface area contributed by atoms with Crippen molar-refractivity contribution in [2.75, 3.05) is 6.54 Å². The van der Waals surface area contributed by atoms with Gasteiger partial charge in [0.25, 0.3) is 5.91 Å². The van der Waals surface area contributed by atoms with Crippen molar-refractivity contribution >= 4 is 28.8 Å². The van der Waals surface area contributed by atoms with Crippen LogP contribution in [0.3, 0.4) is 0 Å². The van der Waals surface area contributed by atoms with E-state index in [9.17, 15) is 14.4 Å². The first kappa shape index (κ1) is 13.2. The Kier molecular flexibility index (Phi) is 2.72. The van der Waals surface area contributed by atoms with Crippen molar-refractivity contribution in [3.05, 3.63) is 36.0 Å². The molecule has 1 atom stereocenters. The lowest BCUT2D eigenvalue weighted by Gasteiger charge is -2.21. The minimum atomic E-state index is -1.27. The van der Waals surface area contributed by atoms with E-state index < -0.39 is 30.0 Å². The molecule has 7 heteroatoms. The Morgan fingerprint density at radius 2 is 2.05 bits per heavy atom. The number of nitrogens with one attached hydrogen (secondary N) is 2. The van der Waals surface area contributed by atoms with Crippen LogP contribution in [0.4, 0.5) is 4.79 Å². The number of aromatic amines is 1. The number of carbonyl (C=O) groups is 3. The van der Waals surface area contributed by atoms with Crippen LogP contribution in [0.25, 0.3) is 10.9 Å². The Bertz CT molecular complexity index is 766. The summed E-state index contributed by atoms with van der Waals surface area (Å²) in [5.74, 6) is -1.80. The molecule has 3 N–H and O–H groups in total. The second kappa shape index (κ2) is 4.34. The number of fused-ring (bicyclic) bond motifs is 1. The molecule has 0 bridgehead atoms. The van der Waals surface area contributed by atoms with Crippen molar-refractivity contribution < 1.29 is 19.5 Å². The normalized spacial score (nSPS) is 21.9. The maximum absolute atomic E-state index is 12.5. The summed E-state index contributed by atoms with van der Waals surface area (Å²) in [6.45, 7) is 0.924. The highest BCUT2D eigenvalue weighted by molar-refractivity contribution is 6.10. The summed E-state index contributed by atoms with van der Waals surface area (Å²) in [5.41, 5.74) is 0.184. The molecule has 1 aromatic carbocycles. The predicted molar refractivity (Wildman–Crippen MR) is 73.5 cm³/mol. The van der Waals surface area contributed by atoms with E-state index in [0.29, 0.717) is 10.5 Å². The number of nitrogens with zero attached hydrogens (tertiary/aromatic N) is 1. The van der Waals surface area contributed by atoms with Crippen molar-refractivity contribution in [1.29, 1.82) is 0 Å². The van der Waals surface area contributed by atoms with Gasteiger partial charge in [-0.25, -0.2) is 4.79 Å². The van der Waals surface area contributed by atoms with Gasteiger partial charge in [-0.3, -0.25) is 14.5 Å². The Balaban J connectivity index is 2.07. The number of imide groups is 1. The monoisotopic (exact) mass is 287 g/mol. The van der Waals surface area contributed by atoms with Crippen LogP contribution in [0.2, 0.25) is 0 Å². The number of rotatable bonds is 3. The zero-order chi connectivity index (χ0) is 15.2. The molecular formula is C14H13N3O4. The van der Waals surface area contributed by atoms with Gasteiger partial charge in [-0.2, -0.15) is 0 Å². The fourth-order valence-electron chi connectivity index (χ4n) is 2.64. The summed E-state index contributed by atoms with van der Waals surface area (Å²) in [7, 11) is 0. The summed E-state index contributed by atoms with van der Waals surface area (Å²) >= 11 is 0. The van der Waals surface area contributed by atoms with Gasteiger partial charge in [0.2, 0.25) is 0 Å². The highest BCUT2D eigenvalue weighted by Gasteiger charge is 2.50. The molecular weight excluding hydrogens is 274 g/mol. The summed E-state index contributed by atoms with van der Waals surface area (Å²) in [4.78, 5) is 38.9. The molecule has 1 aromatic heterocycles. The number of aliphatic carboxylic acids is 1. The van der Waals surface area contributed by atoms with Crippen LogP contribution >= 0.6 is 0 Å². The van der Waals surface area contributed by atoms with Gasteiger partial charge in [0.15, 0.2) is 0 Å². The van der Waals surface area contributed by atoms with Gasteiger partial charge in [0.05, 0.1) is 0 Å². The maximum Gasteiger partial charge on any atom is 0.325 e. The van der Waals surface area contributed by atoms with E-state index in [1.807, 2.05) is 24.3 Å². The minimum absolute atomic E-state index is 0.570. The molecule has 0 spiro atoms. The van der Waals surface area contributed by atoms with Crippen LogP contribution in [0, 0.1) is 0 Å². The number of hydrogen-bond donors (Lipinski definition) is 3. The predicted octanol–water partition coefficient (Wildman–Crippen LogP) is 1.02. The van der Waals surface area contributed by atoms with E-state index in [-0.39, 0.29) is 0 Å². The Morgan fingerprint density at radius 1 is 1.33 bits per heavy atom. The zero-order valence-corrected chi connectivity index (χ0v) is 11.2. The number of H-pyrrole nitrogens is 1. The lowest BCUT2D eigenvalue weighted by atomic mass is 9.91. The molecule has 0 aliphatic carbocycles. The van der Waals surface area contributed by atoms with Crippen molar-refractivity contribution in [3.8, 4) is 0 Å². The van der Waals surface area contributed by atoms with Gasteiger partial charge < -0.3 is 15.4 Å². The summed E-state index contributed by atoms with van der Waals surface area (Å²) in [6.07, 6.45) is 1.66. The quantitative estimate of drug-likeness (QED) is 0.733. The molecule has 7 nitrogen and oxygen atoms in total. The molecule has 1 unspecified atom stereocenters. The number of benzene rings is 1. The van der Waals surface area contributed by atoms with Crippen LogP contribution in [-0.4, -0.2) is 39.4 Å². The zero-order valence-electron chi connectivity index (χ0n) is 11.2. The molecule has 3 rings (SSSR count). The fraction of sp³-hybridized carbons (Fsp3) is 0.214. The number of carboxylic acids is 1. The standard InChI is InChI=1S/C14H13N3O4/c1-14(9-6-15-10-5-3-2-4-8(9)10)12(20)17(7-11(18)19)13(21)16-14/h2-6,15H,7H2,1H3,(H,16,21)(H,18,19). The molecule has 1 aliphatic rings. The van der Waals surface area contributed by atoms with E-state index in [2.05, 4.69) is 10.3 Å². The number of aromatic nitrogens is 1. The van der Waals surface area contributed by atoms with Crippen LogP contribution in [0.1, 0.15) is 12.5 Å². The smallest absolute Gasteiger partial charge is 0.325 e. The van der Waals surface area contributed by atoms with Gasteiger partial charge in [0.1, 0.15) is 12.1 Å². The molecule has 0 saturated carbocycles. The highest BCUT2D eigenvalue weighted by Crippen LogP contribution is 2.33. The molecule has 0 radical (unpaired) electrons. The van der Waals surface area contributed by atoms with Crippen molar-refractivity contribution in [3.63, 3.8) is 0 Å². The number of carboxylic acid groups (broad SMARTS) is 1. The number of carbonyl (C=O) groups excluding carboxylic acids is 2. The number of urea groups is 1. The average molecular weight is 287 g/mol. The van der Waals surface area contributed by atoms with E-state index in [0.717, 1.165) is 10.9 Å². The molecule has 1 aliphatic heterocycles. The van der Waals surface area contributed by atoms with E-state index >= 15 is 0 Å². The first-order valence-electron chi connectivity index (χ1n) is 6.36. The van der Waals surface area contributed by atoms with E-state index in [1.165, 1.54) is 0 Å². The molecule has 1 fully saturated rings. The second-order valence-corrected chi connectivity index (χ2v) is 5.09. The first-order valence-corrected chi connectivity index (χ1v) is 6.36. The van der Waals surface area contributed by atoms with Gasteiger partial charge in [-0.1, -0.05) is 18.2 Å². The minimum Gasteiger partial charge on any atom is -0.480 e. The van der Waals surface area contributed by atoms with Crippen LogP contribution < -0.4 is 5.32 Å². The van der Waals surface area contributed by atoms with Gasteiger partial charge in [-0.05, 0) is 13.0 Å². The molecule has 3 amide bonds. The van der Waals surface area contributed by atoms with E-state index in [4.69, 9.17) is 5.11 Å². The third-order valence-corrected chi connectivity index (χ3v) is 3.70.